The monoisotopic (exact) mass is 1910 g/mol. The molecule has 17 heterocycles. The molecule has 0 N–H and O–H groups in total. The number of pyridine rings is 3. The number of imidazole rings is 2. The standard InChI is InChI=1S/C28H27N2.C17H14N2O.C16H11N2.C15H14N2.C15H12N2.C14H13N3.C11H12N2.Ir/c1-17(2)20-11-8-12-21(18(3)4)27(20)25-16-29-15-19-9-7-13-23-22-10-5-6-14-24(22)30(25)28(29)26(19)23;1-18-8-9-19-15(18)10-11-6-7-13-12-4-2-3-5-14(12)20-17(13)16(11)19;1-2-7-14-12(5-1)13-6-3-4-11-10-17-8-9-18(14)16(17)15(11)13;1-16-13-8-4-5-9-14(13)17-12-7-3-2-6-11(12)10-15(16)17;1-3-7-14(8-4-1)16-11-12-17(13-16)15-9-5-2-6-10-15;1-16-12-7-4-8-15-14(12)17-11-6-3-2-5-10(11)9-13(16)17;1-12-6-7-13-10-5-3-2-4-9(10)8-11(12)13;/h5-14,16-18H,15H2,1-4H3;2-9,15H,10H2,1H3;1-9H,10H2;2-9,15H,10H2,1H3;1-9,11-13H;2-8,13H,9H2,1H3;2-7,11H,8H2,1H3;/q+1;;+1;;-2;;;. The zero-order valence-corrected chi connectivity index (χ0v) is 78.3. The fraction of sp³-hybridized carbons (Fsp3) is 0.172. The van der Waals surface area contributed by atoms with Gasteiger partial charge in [0.2, 0.25) is 0 Å². The average molecular weight is 1920 g/mol. The number of nitrogens with zero attached hydrogens (tertiary/aromatic N) is 15. The van der Waals surface area contributed by atoms with E-state index in [1.807, 2.05) is 90.8 Å². The molecule has 0 bridgehead atoms. The molecule has 657 valence electrons. The predicted octanol–water partition coefficient (Wildman–Crippen LogP) is 24.3. The third kappa shape index (κ3) is 13.7. The maximum absolute atomic E-state index is 6.14. The molecule has 1 radical (unpaired) electrons. The van der Waals surface area contributed by atoms with Crippen LogP contribution in [0.1, 0.15) is 84.0 Å². The molecule has 133 heavy (non-hydrogen) atoms. The second-order valence-electron chi connectivity index (χ2n) is 36.8. The summed E-state index contributed by atoms with van der Waals surface area (Å²) >= 11 is 0. The first kappa shape index (κ1) is 82.5. The maximum atomic E-state index is 6.14. The van der Waals surface area contributed by atoms with E-state index >= 15 is 0 Å². The van der Waals surface area contributed by atoms with Gasteiger partial charge in [-0.2, -0.15) is 39.1 Å². The van der Waals surface area contributed by atoms with Crippen molar-refractivity contribution in [2.75, 3.05) is 67.4 Å². The molecule has 0 saturated carbocycles. The van der Waals surface area contributed by atoms with Gasteiger partial charge in [0.1, 0.15) is 73.0 Å². The van der Waals surface area contributed by atoms with Crippen LogP contribution in [0, 0.1) is 12.7 Å². The van der Waals surface area contributed by atoms with Crippen molar-refractivity contribution in [1.82, 2.24) is 23.6 Å². The Morgan fingerprint density at radius 3 is 1.64 bits per heavy atom. The Kier molecular flexibility index (Phi) is 20.8. The molecule has 4 unspecified atom stereocenters. The summed E-state index contributed by atoms with van der Waals surface area (Å²) in [6, 6.07) is 111. The molecular weight excluding hydrogens is 1810 g/mol. The van der Waals surface area contributed by atoms with E-state index in [-0.39, 0.29) is 20.1 Å². The molecule has 17 heteroatoms. The Bertz CT molecular complexity index is 7690. The molecule has 30 rings (SSSR count). The summed E-state index contributed by atoms with van der Waals surface area (Å²) in [6.07, 6.45) is 27.4. The Labute approximate surface area is 789 Å². The molecule has 19 aromatic rings. The van der Waals surface area contributed by atoms with Crippen LogP contribution in [0.4, 0.5) is 57.0 Å². The molecule has 6 aromatic heterocycles. The zero-order valence-electron chi connectivity index (χ0n) is 75.9. The number of rotatable bonds is 5. The minimum atomic E-state index is 0. The van der Waals surface area contributed by atoms with Crippen LogP contribution in [0.15, 0.2) is 370 Å². The van der Waals surface area contributed by atoms with E-state index in [2.05, 4.69) is 415 Å². The maximum Gasteiger partial charge on any atom is 0.295 e. The Morgan fingerprint density at radius 2 is 0.932 bits per heavy atom. The molecule has 16 nitrogen and oxygen atoms in total. The topological polar surface area (TPSA) is 75.0 Å². The summed E-state index contributed by atoms with van der Waals surface area (Å²) in [5.41, 5.74) is 32.8. The predicted molar refractivity (Wildman–Crippen MR) is 541 cm³/mol. The van der Waals surface area contributed by atoms with Gasteiger partial charge in [-0.15, -0.1) is 12.4 Å². The Balaban J connectivity index is 0.0000000889. The fourth-order valence-electron chi connectivity index (χ4n) is 22.3. The van der Waals surface area contributed by atoms with E-state index in [0.717, 1.165) is 67.1 Å². The first-order valence-electron chi connectivity index (χ1n) is 46.4. The molecule has 11 aliphatic heterocycles. The van der Waals surface area contributed by atoms with Crippen molar-refractivity contribution in [3.8, 4) is 11.3 Å². The molecule has 0 amide bonds. The van der Waals surface area contributed by atoms with Crippen molar-refractivity contribution in [3.05, 3.63) is 423 Å². The van der Waals surface area contributed by atoms with E-state index in [0.29, 0.717) is 36.5 Å². The number of benzene rings is 13. The quantitative estimate of drug-likeness (QED) is 0.0936. The smallest absolute Gasteiger partial charge is 0.295 e. The van der Waals surface area contributed by atoms with Crippen LogP contribution in [-0.2, 0) is 58.9 Å². The van der Waals surface area contributed by atoms with E-state index in [1.54, 1.807) is 0 Å². The number of hydrogen-bond donors (Lipinski definition) is 0. The van der Waals surface area contributed by atoms with Crippen LogP contribution in [0.2, 0.25) is 0 Å². The number of furan rings is 1. The molecule has 11 aliphatic rings. The van der Waals surface area contributed by atoms with Gasteiger partial charge in [-0.1, -0.05) is 234 Å². The van der Waals surface area contributed by atoms with Crippen LogP contribution in [0.3, 0.4) is 0 Å². The summed E-state index contributed by atoms with van der Waals surface area (Å²) in [7, 11) is 8.60. The van der Waals surface area contributed by atoms with Gasteiger partial charge in [0.25, 0.3) is 11.3 Å². The van der Waals surface area contributed by atoms with E-state index in [1.165, 1.54) is 161 Å². The number of hydrogen-bond acceptors (Lipinski definition) is 12. The summed E-state index contributed by atoms with van der Waals surface area (Å²) < 4.78 is 15.8. The van der Waals surface area contributed by atoms with Gasteiger partial charge >= 0.3 is 0 Å². The molecule has 0 spiro atoms. The van der Waals surface area contributed by atoms with E-state index in [4.69, 9.17) is 4.42 Å². The van der Waals surface area contributed by atoms with Crippen molar-refractivity contribution < 1.29 is 33.7 Å². The number of para-hydroxylation sites is 10. The van der Waals surface area contributed by atoms with Crippen LogP contribution < -0.4 is 48.3 Å². The summed E-state index contributed by atoms with van der Waals surface area (Å²) in [5.74, 6) is 2.04. The average Bonchev–Trinajstić information content (AvgIpc) is 1.50. The van der Waals surface area contributed by atoms with Crippen LogP contribution in [0.25, 0.3) is 87.8 Å². The molecule has 0 saturated heterocycles. The first-order chi connectivity index (χ1) is 64.8. The van der Waals surface area contributed by atoms with Gasteiger partial charge in [-0.05, 0) is 130 Å². The number of likely N-dealkylation sites (N-methyl/N-ethyl adjacent to an activating group) is 4. The van der Waals surface area contributed by atoms with Gasteiger partial charge in [0.15, 0.2) is 17.1 Å². The first-order valence-corrected chi connectivity index (χ1v) is 46.4. The SMILES string of the molecule is CC(C)c1cccc(C(C)C)c1-c1c[n+]2c3c4c(cccc4c4ccccc4n13)C2.CN1C=CN2c3c(ccc4c3oc3ccccc34)CC12.CN1C=CN2c3ccccc3CC12.CN1c2ccccc2N2c3ccccc3CC12.CN1c2cccnc2N2c3ccccc3CC12.[Ir].[c-]1ccccc1N1C=CN(c2ccccc2)[CH-]1.c1cc2c3c(c1)c1ccccc1n1cc[n+](c31)C2. The number of anilines is 10. The summed E-state index contributed by atoms with van der Waals surface area (Å²) in [6.45, 7) is 13.2. The number of fused-ring (bicyclic) bond motifs is 26. The normalized spacial score (nSPS) is 17.1. The third-order valence-electron chi connectivity index (χ3n) is 28.6. The van der Waals surface area contributed by atoms with Crippen LogP contribution in [0.5, 0.6) is 0 Å². The number of aromatic nitrogens is 5. The summed E-state index contributed by atoms with van der Waals surface area (Å²) in [4.78, 5) is 27.4. The van der Waals surface area contributed by atoms with Crippen molar-refractivity contribution in [3.63, 3.8) is 0 Å². The summed E-state index contributed by atoms with van der Waals surface area (Å²) in [5, 5.41) is 10.7. The van der Waals surface area contributed by atoms with E-state index in [9.17, 15) is 0 Å². The molecule has 0 fully saturated rings. The minimum Gasteiger partial charge on any atom is -0.500 e. The molecule has 13 aromatic carbocycles. The molecule has 0 aliphatic carbocycles. The van der Waals surface area contributed by atoms with Crippen molar-refractivity contribution in [2.45, 2.75) is 103 Å². The Hall–Kier alpha value is -14.9. The van der Waals surface area contributed by atoms with E-state index < -0.39 is 0 Å². The van der Waals surface area contributed by atoms with Crippen molar-refractivity contribution in [1.29, 1.82) is 0 Å². The van der Waals surface area contributed by atoms with Gasteiger partial charge in [-0.25, -0.2) is 14.1 Å². The Morgan fingerprint density at radius 1 is 0.406 bits per heavy atom. The molecule has 4 atom stereocenters. The van der Waals surface area contributed by atoms with Gasteiger partial charge in [0.05, 0.1) is 33.5 Å². The second kappa shape index (κ2) is 33.5. The third-order valence-corrected chi connectivity index (χ3v) is 28.6. The fourth-order valence-corrected chi connectivity index (χ4v) is 22.3. The van der Waals surface area contributed by atoms with Crippen molar-refractivity contribution >= 4 is 134 Å². The van der Waals surface area contributed by atoms with Gasteiger partial charge in [0, 0.05) is 177 Å². The largest absolute Gasteiger partial charge is 0.500 e. The van der Waals surface area contributed by atoms with Crippen molar-refractivity contribution in [2.24, 2.45) is 0 Å². The molecular formula is C116H103IrN15O. The van der Waals surface area contributed by atoms with Crippen LogP contribution in [-0.4, -0.2) is 76.4 Å². The van der Waals surface area contributed by atoms with Gasteiger partial charge in [-0.3, -0.25) is 0 Å². The zero-order chi connectivity index (χ0) is 88.7. The van der Waals surface area contributed by atoms with Crippen LogP contribution >= 0.6 is 0 Å². The second-order valence-corrected chi connectivity index (χ2v) is 36.8. The van der Waals surface area contributed by atoms with Gasteiger partial charge < -0.3 is 53.4 Å². The minimum absolute atomic E-state index is 0.